The van der Waals surface area contributed by atoms with Gasteiger partial charge in [-0.15, -0.1) is 0 Å². The Morgan fingerprint density at radius 1 is 1.24 bits per heavy atom. The Morgan fingerprint density at radius 2 is 1.94 bits per heavy atom. The van der Waals surface area contributed by atoms with E-state index in [2.05, 4.69) is 0 Å². The average Bonchev–Trinajstić information content (AvgIpc) is 3.14. The maximum Gasteiger partial charge on any atom is 0.303 e. The van der Waals surface area contributed by atoms with Gasteiger partial charge < -0.3 is 19.3 Å². The predicted octanol–water partition coefficient (Wildman–Crippen LogP) is 2.99. The van der Waals surface area contributed by atoms with Gasteiger partial charge in [0.25, 0.3) is 0 Å². The summed E-state index contributed by atoms with van der Waals surface area (Å²) in [6.07, 6.45) is 3.81. The topological polar surface area (TPSA) is 99.1 Å². The number of halogens is 1. The van der Waals surface area contributed by atoms with Gasteiger partial charge in [-0.1, -0.05) is 18.6 Å². The molecule has 0 radical (unpaired) electrons. The fourth-order valence-corrected chi connectivity index (χ4v) is 8.08. The van der Waals surface area contributed by atoms with Crippen molar-refractivity contribution in [1.82, 2.24) is 0 Å². The molecule has 1 aliphatic heterocycles. The summed E-state index contributed by atoms with van der Waals surface area (Å²) in [5.74, 6) is -3.11. The lowest BCUT2D eigenvalue weighted by Crippen LogP contribution is -2.70. The molecular weight excluding hydrogens is 443 g/mol. The zero-order valence-electron chi connectivity index (χ0n) is 20.4. The van der Waals surface area contributed by atoms with Gasteiger partial charge in [-0.3, -0.25) is 14.4 Å². The third-order valence-electron chi connectivity index (χ3n) is 9.45. The molecule has 8 atom stereocenters. The van der Waals surface area contributed by atoms with E-state index < -0.39 is 64.4 Å². The Balaban J connectivity index is 1.60. The second-order valence-electron chi connectivity index (χ2n) is 11.5. The molecule has 0 spiro atoms. The Morgan fingerprint density at radius 3 is 2.62 bits per heavy atom. The molecule has 1 saturated heterocycles. The normalized spacial score (nSPS) is 48.3. The van der Waals surface area contributed by atoms with Crippen LogP contribution in [-0.4, -0.2) is 58.5 Å². The SMILES string of the molecule is CC(=O)OCC(=O)[C@@]12OC(C)(C)O[C@@H]1C[C@@H]1[C@@H]3CCC4=CC(=O)C=C[C@]4(C)[C@@]3(F)[C@@H](O)C[C@@]12C. The van der Waals surface area contributed by atoms with Gasteiger partial charge in [0.2, 0.25) is 5.78 Å². The maximum absolute atomic E-state index is 17.3. The lowest BCUT2D eigenvalue weighted by atomic mass is 9.44. The Labute approximate surface area is 198 Å². The second-order valence-corrected chi connectivity index (χ2v) is 11.5. The van der Waals surface area contributed by atoms with Crippen LogP contribution in [-0.2, 0) is 28.6 Å². The zero-order chi connectivity index (χ0) is 24.9. The summed E-state index contributed by atoms with van der Waals surface area (Å²) in [7, 11) is 0. The molecular formula is C26H33FO7. The standard InChI is InChI=1S/C26H33FO7/c1-14(28)32-13-20(31)26-21(33-22(2,3)34-26)11-18-17-7-6-15-10-16(29)8-9-23(15,4)25(17,27)19(30)12-24(18,26)5/h8-10,17-19,21,30H,6-7,11-13H2,1-5H3/t17-,18+,19-,21+,23-,24-,25-,26+/m0/s1. The minimum Gasteiger partial charge on any atom is -0.458 e. The van der Waals surface area contributed by atoms with E-state index in [-0.39, 0.29) is 18.1 Å². The molecule has 1 N–H and O–H groups in total. The first-order valence-corrected chi connectivity index (χ1v) is 12.1. The number of ketones is 2. The van der Waals surface area contributed by atoms with Crippen LogP contribution in [0.5, 0.6) is 0 Å². The van der Waals surface area contributed by atoms with E-state index >= 15 is 4.39 Å². The van der Waals surface area contributed by atoms with Crippen molar-refractivity contribution >= 4 is 17.5 Å². The molecule has 0 unspecified atom stereocenters. The van der Waals surface area contributed by atoms with Crippen LogP contribution in [0, 0.1) is 22.7 Å². The highest BCUT2D eigenvalue weighted by Gasteiger charge is 2.80. The molecule has 7 nitrogen and oxygen atoms in total. The summed E-state index contributed by atoms with van der Waals surface area (Å²) in [5, 5.41) is 11.5. The smallest absolute Gasteiger partial charge is 0.303 e. The Kier molecular flexibility index (Phi) is 4.96. The molecule has 0 aromatic heterocycles. The number of Topliss-reactive ketones (excluding diaryl/α,β-unsaturated/α-hetero) is 1. The van der Waals surface area contributed by atoms with Gasteiger partial charge in [-0.2, -0.15) is 0 Å². The second kappa shape index (κ2) is 7.08. The molecule has 5 rings (SSSR count). The summed E-state index contributed by atoms with van der Waals surface area (Å²) >= 11 is 0. The summed E-state index contributed by atoms with van der Waals surface area (Å²) in [5.41, 5.74) is -4.82. The van der Waals surface area contributed by atoms with E-state index in [1.165, 1.54) is 19.1 Å². The number of rotatable bonds is 3. The first kappa shape index (κ1) is 23.8. The van der Waals surface area contributed by atoms with Crippen molar-refractivity contribution in [2.75, 3.05) is 6.61 Å². The zero-order valence-corrected chi connectivity index (χ0v) is 20.4. The number of aliphatic hydroxyl groups excluding tert-OH is 1. The minimum absolute atomic E-state index is 0.0168. The molecule has 186 valence electrons. The van der Waals surface area contributed by atoms with Crippen LogP contribution in [0.25, 0.3) is 0 Å². The molecule has 0 aromatic rings. The number of alkyl halides is 1. The number of fused-ring (bicyclic) bond motifs is 7. The molecule has 8 heteroatoms. The summed E-state index contributed by atoms with van der Waals surface area (Å²) in [6.45, 7) is 7.86. The van der Waals surface area contributed by atoms with Crippen molar-refractivity contribution in [2.24, 2.45) is 22.7 Å². The fraction of sp³-hybridized carbons (Fsp3) is 0.731. The largest absolute Gasteiger partial charge is 0.458 e. The van der Waals surface area contributed by atoms with E-state index in [1.54, 1.807) is 26.8 Å². The van der Waals surface area contributed by atoms with Crippen LogP contribution in [0.3, 0.4) is 0 Å². The number of hydrogen-bond acceptors (Lipinski definition) is 7. The molecule has 34 heavy (non-hydrogen) atoms. The monoisotopic (exact) mass is 476 g/mol. The van der Waals surface area contributed by atoms with E-state index in [0.717, 1.165) is 0 Å². The molecule has 0 bridgehead atoms. The van der Waals surface area contributed by atoms with E-state index in [9.17, 15) is 19.5 Å². The number of ether oxygens (including phenoxy) is 3. The quantitative estimate of drug-likeness (QED) is 0.625. The molecule has 4 fully saturated rings. The molecule has 5 aliphatic rings. The van der Waals surface area contributed by atoms with E-state index in [4.69, 9.17) is 14.2 Å². The number of carbonyl (C=O) groups excluding carboxylic acids is 3. The summed E-state index contributed by atoms with van der Waals surface area (Å²) < 4.78 is 34.9. The van der Waals surface area contributed by atoms with Crippen LogP contribution in [0.4, 0.5) is 4.39 Å². The highest BCUT2D eigenvalue weighted by atomic mass is 19.1. The van der Waals surface area contributed by atoms with Crippen LogP contribution in [0.2, 0.25) is 0 Å². The summed E-state index contributed by atoms with van der Waals surface area (Å²) in [6, 6.07) is 0. The first-order chi connectivity index (χ1) is 15.7. The van der Waals surface area contributed by atoms with Gasteiger partial charge in [-0.05, 0) is 64.5 Å². The van der Waals surface area contributed by atoms with Crippen molar-refractivity contribution in [1.29, 1.82) is 0 Å². The van der Waals surface area contributed by atoms with Crippen LogP contribution < -0.4 is 0 Å². The van der Waals surface area contributed by atoms with E-state index in [1.807, 2.05) is 6.92 Å². The van der Waals surface area contributed by atoms with Crippen LogP contribution in [0.15, 0.2) is 23.8 Å². The van der Waals surface area contributed by atoms with Gasteiger partial charge >= 0.3 is 5.97 Å². The van der Waals surface area contributed by atoms with Crippen LogP contribution >= 0.6 is 0 Å². The number of allylic oxidation sites excluding steroid dienone is 4. The lowest BCUT2D eigenvalue weighted by Gasteiger charge is -2.62. The number of hydrogen-bond donors (Lipinski definition) is 1. The number of carbonyl (C=O) groups is 3. The van der Waals surface area contributed by atoms with Crippen LogP contribution in [0.1, 0.15) is 60.3 Å². The molecule has 4 aliphatic carbocycles. The summed E-state index contributed by atoms with van der Waals surface area (Å²) in [4.78, 5) is 37.1. The van der Waals surface area contributed by atoms with Gasteiger partial charge in [0.1, 0.15) is 0 Å². The third kappa shape index (κ3) is 2.76. The number of aliphatic hydroxyl groups is 1. The maximum atomic E-state index is 17.3. The molecule has 0 amide bonds. The van der Waals surface area contributed by atoms with Gasteiger partial charge in [0.15, 0.2) is 29.4 Å². The van der Waals surface area contributed by atoms with Crippen molar-refractivity contribution < 1.29 is 38.1 Å². The van der Waals surface area contributed by atoms with Crippen molar-refractivity contribution in [3.63, 3.8) is 0 Å². The van der Waals surface area contributed by atoms with Gasteiger partial charge in [0.05, 0.1) is 12.2 Å². The van der Waals surface area contributed by atoms with Crippen molar-refractivity contribution in [2.45, 2.75) is 89.6 Å². The highest BCUT2D eigenvalue weighted by molar-refractivity contribution is 6.01. The Bertz CT molecular complexity index is 1030. The van der Waals surface area contributed by atoms with Gasteiger partial charge in [-0.25, -0.2) is 4.39 Å². The number of esters is 1. The van der Waals surface area contributed by atoms with Crippen molar-refractivity contribution in [3.8, 4) is 0 Å². The van der Waals surface area contributed by atoms with Gasteiger partial charge in [0, 0.05) is 23.7 Å². The third-order valence-corrected chi connectivity index (χ3v) is 9.45. The van der Waals surface area contributed by atoms with Crippen molar-refractivity contribution in [3.05, 3.63) is 23.8 Å². The molecule has 0 aromatic carbocycles. The highest BCUT2D eigenvalue weighted by Crippen LogP contribution is 2.72. The predicted molar refractivity (Wildman–Crippen MR) is 118 cm³/mol. The molecule has 3 saturated carbocycles. The minimum atomic E-state index is -2.01. The Hall–Kier alpha value is -1.90. The fourth-order valence-electron chi connectivity index (χ4n) is 8.08. The lowest BCUT2D eigenvalue weighted by molar-refractivity contribution is -0.246. The molecule has 1 heterocycles. The first-order valence-electron chi connectivity index (χ1n) is 12.1. The average molecular weight is 477 g/mol. The van der Waals surface area contributed by atoms with E-state index in [0.29, 0.717) is 24.8 Å².